The molecule has 4 N–H and O–H groups in total. The van der Waals surface area contributed by atoms with Crippen LogP contribution in [0, 0.1) is 0 Å². The van der Waals surface area contributed by atoms with Crippen molar-refractivity contribution < 1.29 is 4.74 Å². The molecule has 0 radical (unpaired) electrons. The number of rotatable bonds is 22. The maximum atomic E-state index is 5.71. The summed E-state index contributed by atoms with van der Waals surface area (Å²) in [5.74, 6) is 0. The van der Waals surface area contributed by atoms with Crippen molar-refractivity contribution in [2.45, 2.75) is 90.4 Å². The van der Waals surface area contributed by atoms with E-state index in [1.165, 1.54) is 70.6 Å². The summed E-state index contributed by atoms with van der Waals surface area (Å²) in [4.78, 5) is 0. The Labute approximate surface area is 158 Å². The molecule has 0 saturated carbocycles. The molecule has 25 heavy (non-hydrogen) atoms. The minimum Gasteiger partial charge on any atom is -0.381 e. The Bertz CT molecular complexity index is 205. The average molecular weight is 358 g/mol. The van der Waals surface area contributed by atoms with Gasteiger partial charge in [-0.25, -0.2) is 0 Å². The van der Waals surface area contributed by atoms with Gasteiger partial charge in [0.25, 0.3) is 0 Å². The van der Waals surface area contributed by atoms with Gasteiger partial charge in [-0.2, -0.15) is 0 Å². The Morgan fingerprint density at radius 2 is 1.04 bits per heavy atom. The predicted octanol–water partition coefficient (Wildman–Crippen LogP) is 4.23. The monoisotopic (exact) mass is 357 g/mol. The maximum Gasteiger partial charge on any atom is 0.0478 e. The van der Waals surface area contributed by atoms with Gasteiger partial charge >= 0.3 is 0 Å². The van der Waals surface area contributed by atoms with E-state index in [9.17, 15) is 0 Å². The zero-order valence-corrected chi connectivity index (χ0v) is 17.1. The normalized spacial score (nSPS) is 11.3. The molecule has 0 aromatic rings. The van der Waals surface area contributed by atoms with Crippen LogP contribution >= 0.6 is 0 Å². The van der Waals surface area contributed by atoms with E-state index in [1.54, 1.807) is 0 Å². The molecule has 0 aliphatic heterocycles. The topological polar surface area (TPSA) is 59.3 Å². The molecule has 4 nitrogen and oxygen atoms in total. The number of hydrogen-bond acceptors (Lipinski definition) is 4. The Morgan fingerprint density at radius 1 is 0.560 bits per heavy atom. The lowest BCUT2D eigenvalue weighted by molar-refractivity contribution is 0.127. The SMILES string of the molecule is CCCCCCCCCCCCOCCCNCCCNCCCN. The van der Waals surface area contributed by atoms with Gasteiger partial charge in [0, 0.05) is 13.2 Å². The molecule has 0 atom stereocenters. The summed E-state index contributed by atoms with van der Waals surface area (Å²) in [6.45, 7) is 9.20. The average Bonchev–Trinajstić information content (AvgIpc) is 2.63. The second-order valence-corrected chi connectivity index (χ2v) is 7.14. The minimum absolute atomic E-state index is 0.782. The van der Waals surface area contributed by atoms with Crippen molar-refractivity contribution in [1.29, 1.82) is 0 Å². The predicted molar refractivity (Wildman–Crippen MR) is 111 cm³/mol. The second kappa shape index (κ2) is 23.8. The molecule has 0 aromatic heterocycles. The van der Waals surface area contributed by atoms with Crippen molar-refractivity contribution in [3.63, 3.8) is 0 Å². The van der Waals surface area contributed by atoms with Crippen molar-refractivity contribution in [2.75, 3.05) is 45.9 Å². The summed E-state index contributed by atoms with van der Waals surface area (Å²) in [7, 11) is 0. The third kappa shape index (κ3) is 23.8. The van der Waals surface area contributed by atoms with E-state index in [4.69, 9.17) is 10.5 Å². The highest BCUT2D eigenvalue weighted by Gasteiger charge is 1.94. The number of nitrogens with two attached hydrogens (primary N) is 1. The largest absolute Gasteiger partial charge is 0.381 e. The molecule has 0 aliphatic rings. The fourth-order valence-corrected chi connectivity index (χ4v) is 2.91. The van der Waals surface area contributed by atoms with E-state index in [1.807, 2.05) is 0 Å². The Balaban J connectivity index is 2.94. The van der Waals surface area contributed by atoms with Gasteiger partial charge in [-0.3, -0.25) is 0 Å². The van der Waals surface area contributed by atoms with E-state index in [-0.39, 0.29) is 0 Å². The van der Waals surface area contributed by atoms with Crippen LogP contribution in [0.3, 0.4) is 0 Å². The van der Waals surface area contributed by atoms with Crippen LogP contribution in [0.5, 0.6) is 0 Å². The molecule has 0 amide bonds. The molecule has 0 aromatic carbocycles. The molecule has 0 spiro atoms. The van der Waals surface area contributed by atoms with Crippen LogP contribution in [0.4, 0.5) is 0 Å². The first-order valence-electron chi connectivity index (χ1n) is 11.1. The molecule has 0 fully saturated rings. The molecule has 0 aliphatic carbocycles. The molecular formula is C21H47N3O. The number of nitrogens with one attached hydrogen (secondary N) is 2. The Kier molecular flexibility index (Phi) is 23.7. The maximum absolute atomic E-state index is 5.71. The van der Waals surface area contributed by atoms with Crippen LogP contribution in [0.1, 0.15) is 90.4 Å². The van der Waals surface area contributed by atoms with Gasteiger partial charge in [0.1, 0.15) is 0 Å². The van der Waals surface area contributed by atoms with Gasteiger partial charge in [-0.15, -0.1) is 0 Å². The smallest absolute Gasteiger partial charge is 0.0478 e. The van der Waals surface area contributed by atoms with Crippen molar-refractivity contribution >= 4 is 0 Å². The van der Waals surface area contributed by atoms with E-state index in [0.29, 0.717) is 0 Å². The molecule has 0 unspecified atom stereocenters. The van der Waals surface area contributed by atoms with Crippen LogP contribution in [0.2, 0.25) is 0 Å². The summed E-state index contributed by atoms with van der Waals surface area (Å²) in [6.07, 6.45) is 17.3. The molecule has 152 valence electrons. The number of hydrogen-bond donors (Lipinski definition) is 3. The van der Waals surface area contributed by atoms with Gasteiger partial charge in [0.15, 0.2) is 0 Å². The second-order valence-electron chi connectivity index (χ2n) is 7.14. The van der Waals surface area contributed by atoms with Crippen molar-refractivity contribution in [3.8, 4) is 0 Å². The van der Waals surface area contributed by atoms with Gasteiger partial charge < -0.3 is 21.1 Å². The van der Waals surface area contributed by atoms with E-state index in [2.05, 4.69) is 17.6 Å². The summed E-state index contributed by atoms with van der Waals surface area (Å²) in [5, 5.41) is 6.87. The van der Waals surface area contributed by atoms with Gasteiger partial charge in [0.2, 0.25) is 0 Å². The third-order valence-corrected chi connectivity index (χ3v) is 4.55. The van der Waals surface area contributed by atoms with Gasteiger partial charge in [-0.05, 0) is 58.4 Å². The highest BCUT2D eigenvalue weighted by molar-refractivity contribution is 4.53. The standard InChI is InChI=1S/C21H47N3O/c1-2-3-4-5-6-7-8-9-10-11-20-25-21-14-19-24-18-13-17-23-16-12-15-22/h23-24H,2-22H2,1H3. The van der Waals surface area contributed by atoms with Crippen molar-refractivity contribution in [1.82, 2.24) is 10.6 Å². The van der Waals surface area contributed by atoms with Crippen molar-refractivity contribution in [2.24, 2.45) is 5.73 Å². The van der Waals surface area contributed by atoms with E-state index < -0.39 is 0 Å². The lowest BCUT2D eigenvalue weighted by Crippen LogP contribution is -2.24. The Morgan fingerprint density at radius 3 is 1.64 bits per heavy atom. The summed E-state index contributed by atoms with van der Waals surface area (Å²) >= 11 is 0. The van der Waals surface area contributed by atoms with Crippen LogP contribution < -0.4 is 16.4 Å². The van der Waals surface area contributed by atoms with Crippen LogP contribution in [0.15, 0.2) is 0 Å². The van der Waals surface area contributed by atoms with E-state index in [0.717, 1.165) is 58.8 Å². The summed E-state index contributed by atoms with van der Waals surface area (Å²) in [5.41, 5.74) is 5.45. The lowest BCUT2D eigenvalue weighted by atomic mass is 10.1. The van der Waals surface area contributed by atoms with E-state index >= 15 is 0 Å². The first-order valence-corrected chi connectivity index (χ1v) is 11.1. The minimum atomic E-state index is 0.782. The van der Waals surface area contributed by atoms with Crippen molar-refractivity contribution in [3.05, 3.63) is 0 Å². The fourth-order valence-electron chi connectivity index (χ4n) is 2.91. The highest BCUT2D eigenvalue weighted by Crippen LogP contribution is 2.10. The molecule has 0 heterocycles. The quantitative estimate of drug-likeness (QED) is 0.254. The number of unbranched alkanes of at least 4 members (excludes halogenated alkanes) is 9. The summed E-state index contributed by atoms with van der Waals surface area (Å²) in [6, 6.07) is 0. The molecule has 0 saturated heterocycles. The molecular weight excluding hydrogens is 310 g/mol. The van der Waals surface area contributed by atoms with Crippen LogP contribution in [-0.2, 0) is 4.74 Å². The lowest BCUT2D eigenvalue weighted by Gasteiger charge is -2.07. The molecule has 4 heteroatoms. The molecule has 0 rings (SSSR count). The zero-order chi connectivity index (χ0) is 18.3. The highest BCUT2D eigenvalue weighted by atomic mass is 16.5. The van der Waals surface area contributed by atoms with Gasteiger partial charge in [0.05, 0.1) is 0 Å². The summed E-state index contributed by atoms with van der Waals surface area (Å²) < 4.78 is 5.71. The third-order valence-electron chi connectivity index (χ3n) is 4.55. The first-order chi connectivity index (χ1) is 12.4. The van der Waals surface area contributed by atoms with Gasteiger partial charge in [-0.1, -0.05) is 64.7 Å². The molecule has 0 bridgehead atoms. The van der Waals surface area contributed by atoms with Crippen LogP contribution in [-0.4, -0.2) is 45.9 Å². The van der Waals surface area contributed by atoms with Crippen LogP contribution in [0.25, 0.3) is 0 Å². The number of ether oxygens (including phenoxy) is 1. The first kappa shape index (κ1) is 24.8. The zero-order valence-electron chi connectivity index (χ0n) is 17.1. The Hall–Kier alpha value is -0.160. The fraction of sp³-hybridized carbons (Fsp3) is 1.00.